The molecule has 1 saturated carbocycles. The fourth-order valence-electron chi connectivity index (χ4n) is 4.36. The maximum atomic E-state index is 13.1. The number of aromatic nitrogens is 1. The molecule has 1 heterocycles. The van der Waals surface area contributed by atoms with E-state index in [-0.39, 0.29) is 23.7 Å². The van der Waals surface area contributed by atoms with Gasteiger partial charge in [0.2, 0.25) is 0 Å². The number of hydrogen-bond acceptors (Lipinski definition) is 5. The van der Waals surface area contributed by atoms with Crippen LogP contribution in [0.25, 0.3) is 10.2 Å². The van der Waals surface area contributed by atoms with Crippen molar-refractivity contribution in [3.05, 3.63) is 89.2 Å². The fourth-order valence-corrected chi connectivity index (χ4v) is 6.42. The van der Waals surface area contributed by atoms with Crippen LogP contribution in [-0.2, 0) is 5.75 Å². The van der Waals surface area contributed by atoms with Crippen molar-refractivity contribution in [2.24, 2.45) is 0 Å². The number of anilines is 1. The zero-order valence-electron chi connectivity index (χ0n) is 19.6. The molecule has 4 aromatic rings. The minimum Gasteiger partial charge on any atom is -0.349 e. The number of carbonyl (C=O) groups excluding carboxylic acids is 2. The number of thioether (sulfide) groups is 1. The summed E-state index contributed by atoms with van der Waals surface area (Å²) in [6, 6.07) is 19.2. The lowest BCUT2D eigenvalue weighted by atomic mass is 9.95. The molecular weight excluding hydrogens is 493 g/mol. The third-order valence-electron chi connectivity index (χ3n) is 6.26. The van der Waals surface area contributed by atoms with Crippen molar-refractivity contribution in [3.63, 3.8) is 0 Å². The van der Waals surface area contributed by atoms with Crippen molar-refractivity contribution in [1.82, 2.24) is 10.3 Å². The van der Waals surface area contributed by atoms with E-state index in [1.54, 1.807) is 59.5 Å². The highest BCUT2D eigenvalue weighted by Crippen LogP contribution is 2.33. The van der Waals surface area contributed by atoms with E-state index in [4.69, 9.17) is 0 Å². The number of fused-ring (bicyclic) bond motifs is 1. The van der Waals surface area contributed by atoms with E-state index in [9.17, 15) is 14.0 Å². The SMILES string of the molecule is O=C(Nc1ccc2nc(SCc3ccc(F)cc3)sc2c1)c1ccccc1C(=O)NC1CCCCC1. The molecule has 0 radical (unpaired) electrons. The van der Waals surface area contributed by atoms with E-state index in [0.29, 0.717) is 22.6 Å². The molecule has 1 aliphatic rings. The van der Waals surface area contributed by atoms with Crippen molar-refractivity contribution in [2.75, 3.05) is 5.32 Å². The van der Waals surface area contributed by atoms with Crippen molar-refractivity contribution in [3.8, 4) is 0 Å². The van der Waals surface area contributed by atoms with E-state index < -0.39 is 0 Å². The molecule has 1 aliphatic carbocycles. The smallest absolute Gasteiger partial charge is 0.256 e. The number of nitrogens with one attached hydrogen (secondary N) is 2. The third-order valence-corrected chi connectivity index (χ3v) is 8.49. The largest absolute Gasteiger partial charge is 0.349 e. The predicted octanol–water partition coefficient (Wildman–Crippen LogP) is 7.04. The summed E-state index contributed by atoms with van der Waals surface area (Å²) in [5.41, 5.74) is 3.27. The second-order valence-electron chi connectivity index (χ2n) is 8.89. The normalized spacial score (nSPS) is 14.0. The van der Waals surface area contributed by atoms with Gasteiger partial charge in [0.25, 0.3) is 11.8 Å². The molecule has 36 heavy (non-hydrogen) atoms. The Hall–Kier alpha value is -3.23. The fraction of sp³-hybridized carbons (Fsp3) is 0.250. The maximum Gasteiger partial charge on any atom is 0.256 e. The van der Waals surface area contributed by atoms with E-state index in [2.05, 4.69) is 15.6 Å². The molecule has 1 aromatic heterocycles. The highest BCUT2D eigenvalue weighted by molar-refractivity contribution is 8.00. The first-order chi connectivity index (χ1) is 17.5. The number of benzene rings is 3. The van der Waals surface area contributed by atoms with E-state index >= 15 is 0 Å². The Bertz CT molecular complexity index is 1380. The van der Waals surface area contributed by atoms with Crippen LogP contribution in [0.2, 0.25) is 0 Å². The highest BCUT2D eigenvalue weighted by atomic mass is 32.2. The second kappa shape index (κ2) is 11.2. The Morgan fingerprint density at radius 2 is 1.67 bits per heavy atom. The molecular formula is C28H26FN3O2S2. The van der Waals surface area contributed by atoms with Crippen molar-refractivity contribution >= 4 is 50.8 Å². The van der Waals surface area contributed by atoms with E-state index in [1.807, 2.05) is 18.2 Å². The van der Waals surface area contributed by atoms with Crippen LogP contribution in [0.4, 0.5) is 10.1 Å². The van der Waals surface area contributed by atoms with Gasteiger partial charge in [-0.05, 0) is 60.9 Å². The van der Waals surface area contributed by atoms with Crippen LogP contribution in [0, 0.1) is 5.82 Å². The molecule has 5 rings (SSSR count). The summed E-state index contributed by atoms with van der Waals surface area (Å²) in [4.78, 5) is 30.7. The van der Waals surface area contributed by atoms with Gasteiger partial charge in [0.1, 0.15) is 5.82 Å². The summed E-state index contributed by atoms with van der Waals surface area (Å²) in [5.74, 6) is -0.0676. The molecule has 0 bridgehead atoms. The lowest BCUT2D eigenvalue weighted by molar-refractivity contribution is 0.0917. The molecule has 5 nitrogen and oxygen atoms in total. The van der Waals surface area contributed by atoms with Gasteiger partial charge in [0.15, 0.2) is 4.34 Å². The van der Waals surface area contributed by atoms with Crippen molar-refractivity contribution in [2.45, 2.75) is 48.2 Å². The van der Waals surface area contributed by atoms with Gasteiger partial charge in [-0.3, -0.25) is 9.59 Å². The molecule has 0 spiro atoms. The van der Waals surface area contributed by atoms with Crippen LogP contribution in [0.15, 0.2) is 71.1 Å². The summed E-state index contributed by atoms with van der Waals surface area (Å²) >= 11 is 3.14. The van der Waals surface area contributed by atoms with Gasteiger partial charge in [-0.1, -0.05) is 55.3 Å². The number of rotatable bonds is 7. The first kappa shape index (κ1) is 24.5. The average molecular weight is 520 g/mol. The third kappa shape index (κ3) is 5.94. The van der Waals surface area contributed by atoms with Gasteiger partial charge < -0.3 is 10.6 Å². The number of nitrogens with zero attached hydrogens (tertiary/aromatic N) is 1. The van der Waals surface area contributed by atoms with Crippen LogP contribution >= 0.6 is 23.1 Å². The molecule has 2 amide bonds. The number of thiazole rings is 1. The van der Waals surface area contributed by atoms with Gasteiger partial charge in [-0.25, -0.2) is 9.37 Å². The Morgan fingerprint density at radius 1 is 0.944 bits per heavy atom. The van der Waals surface area contributed by atoms with E-state index in [0.717, 1.165) is 45.8 Å². The first-order valence-electron chi connectivity index (χ1n) is 12.0. The Kier molecular flexibility index (Phi) is 7.63. The topological polar surface area (TPSA) is 71.1 Å². The van der Waals surface area contributed by atoms with Gasteiger partial charge >= 0.3 is 0 Å². The molecule has 0 aliphatic heterocycles. The number of halogens is 1. The second-order valence-corrected chi connectivity index (χ2v) is 11.1. The predicted molar refractivity (Wildman–Crippen MR) is 144 cm³/mol. The van der Waals surface area contributed by atoms with Crippen LogP contribution < -0.4 is 10.6 Å². The molecule has 1 fully saturated rings. The standard InChI is InChI=1S/C28H26FN3O2S2/c29-19-12-10-18(11-13-19)17-35-28-32-24-15-14-21(16-25(24)36-28)31-27(34)23-9-5-4-8-22(23)26(33)30-20-6-2-1-3-7-20/h4-5,8-16,20H,1-3,6-7,17H2,(H,30,33)(H,31,34). The minimum atomic E-state index is -0.320. The van der Waals surface area contributed by atoms with Crippen molar-refractivity contribution < 1.29 is 14.0 Å². The number of amides is 2. The quantitative estimate of drug-likeness (QED) is 0.257. The lowest BCUT2D eigenvalue weighted by Gasteiger charge is -2.23. The van der Waals surface area contributed by atoms with Gasteiger partial charge in [0.05, 0.1) is 21.3 Å². The summed E-state index contributed by atoms with van der Waals surface area (Å²) in [7, 11) is 0. The molecule has 3 aromatic carbocycles. The monoisotopic (exact) mass is 519 g/mol. The number of hydrogen-bond donors (Lipinski definition) is 2. The summed E-state index contributed by atoms with van der Waals surface area (Å²) in [5, 5.41) is 6.04. The van der Waals surface area contributed by atoms with Gasteiger partial charge in [0, 0.05) is 17.5 Å². The molecule has 2 N–H and O–H groups in total. The van der Waals surface area contributed by atoms with Gasteiger partial charge in [-0.15, -0.1) is 11.3 Å². The molecule has 184 valence electrons. The lowest BCUT2D eigenvalue weighted by Crippen LogP contribution is -2.37. The number of carbonyl (C=O) groups is 2. The minimum absolute atomic E-state index is 0.172. The first-order valence-corrected chi connectivity index (χ1v) is 13.8. The Morgan fingerprint density at radius 3 is 2.42 bits per heavy atom. The average Bonchev–Trinajstić information content (AvgIpc) is 3.31. The summed E-state index contributed by atoms with van der Waals surface area (Å²) < 4.78 is 15.0. The van der Waals surface area contributed by atoms with Crippen LogP contribution in [0.3, 0.4) is 0 Å². The maximum absolute atomic E-state index is 13.1. The molecule has 8 heteroatoms. The molecule has 0 unspecified atom stereocenters. The molecule has 0 atom stereocenters. The Labute approximate surface area is 217 Å². The Balaban J connectivity index is 1.26. The van der Waals surface area contributed by atoms with Crippen LogP contribution in [0.1, 0.15) is 58.4 Å². The van der Waals surface area contributed by atoms with Crippen LogP contribution in [-0.4, -0.2) is 22.8 Å². The molecule has 0 saturated heterocycles. The summed E-state index contributed by atoms with van der Waals surface area (Å²) in [6.45, 7) is 0. The summed E-state index contributed by atoms with van der Waals surface area (Å²) in [6.07, 6.45) is 5.43. The van der Waals surface area contributed by atoms with Gasteiger partial charge in [-0.2, -0.15) is 0 Å². The van der Waals surface area contributed by atoms with E-state index in [1.165, 1.54) is 18.6 Å². The highest BCUT2D eigenvalue weighted by Gasteiger charge is 2.21. The van der Waals surface area contributed by atoms with Crippen molar-refractivity contribution in [1.29, 1.82) is 0 Å². The van der Waals surface area contributed by atoms with Crippen LogP contribution in [0.5, 0.6) is 0 Å². The zero-order valence-corrected chi connectivity index (χ0v) is 21.3. The zero-order chi connectivity index (χ0) is 24.9.